The van der Waals surface area contributed by atoms with E-state index in [1.807, 2.05) is 0 Å². The molecule has 1 aromatic heterocycles. The van der Waals surface area contributed by atoms with Gasteiger partial charge >= 0.3 is 0 Å². The van der Waals surface area contributed by atoms with Gasteiger partial charge in [0.05, 0.1) is 4.47 Å². The fourth-order valence-electron chi connectivity index (χ4n) is 0.412. The highest BCUT2D eigenvalue weighted by atomic mass is 79.9. The summed E-state index contributed by atoms with van der Waals surface area (Å²) in [4.78, 5) is 0.733. The summed E-state index contributed by atoms with van der Waals surface area (Å²) in [7, 11) is 0. The van der Waals surface area contributed by atoms with Gasteiger partial charge in [-0.2, -0.15) is 0 Å². The number of thiophene rings is 1. The van der Waals surface area contributed by atoms with Crippen LogP contribution < -0.4 is 0 Å². The summed E-state index contributed by atoms with van der Waals surface area (Å²) in [5.74, 6) is -0.130. The van der Waals surface area contributed by atoms with Crippen LogP contribution in [0.4, 0.5) is 4.39 Å². The lowest BCUT2D eigenvalue weighted by Gasteiger charge is -1.79. The van der Waals surface area contributed by atoms with E-state index in [1.54, 1.807) is 12.3 Å². The second kappa shape index (κ2) is 2.15. The van der Waals surface area contributed by atoms with E-state index in [9.17, 15) is 4.39 Å². The molecular weight excluding hydrogens is 191 g/mol. The lowest BCUT2D eigenvalue weighted by Crippen LogP contribution is -1.67. The van der Waals surface area contributed by atoms with Crippen LogP contribution in [0.1, 0.15) is 4.88 Å². The lowest BCUT2D eigenvalue weighted by atomic mass is 10.5. The van der Waals surface area contributed by atoms with Crippen molar-refractivity contribution >= 4 is 27.3 Å². The quantitative estimate of drug-likeness (QED) is 0.596. The fourth-order valence-corrected chi connectivity index (χ4v) is 1.72. The maximum Gasteiger partial charge on any atom is 0.150 e. The van der Waals surface area contributed by atoms with Gasteiger partial charge in [0.1, 0.15) is 0 Å². The summed E-state index contributed by atoms with van der Waals surface area (Å²) >= 11 is 4.46. The summed E-state index contributed by atoms with van der Waals surface area (Å²) in [5.41, 5.74) is 0. The molecule has 0 amide bonds. The molecule has 0 spiro atoms. The third-order valence-electron chi connectivity index (χ3n) is 0.858. The maximum atomic E-state index is 12.5. The van der Waals surface area contributed by atoms with E-state index < -0.39 is 0 Å². The van der Waals surface area contributed by atoms with E-state index in [-0.39, 0.29) is 5.82 Å². The van der Waals surface area contributed by atoms with Gasteiger partial charge in [-0.1, -0.05) is 0 Å². The molecule has 0 nitrogen and oxygen atoms in total. The molecule has 0 saturated carbocycles. The van der Waals surface area contributed by atoms with Crippen molar-refractivity contribution < 1.29 is 4.39 Å². The van der Waals surface area contributed by atoms with Crippen molar-refractivity contribution in [2.24, 2.45) is 0 Å². The van der Waals surface area contributed by atoms with Crippen LogP contribution in [0.3, 0.4) is 0 Å². The van der Waals surface area contributed by atoms with Crippen molar-refractivity contribution in [3.63, 3.8) is 0 Å². The Labute approximate surface area is 59.5 Å². The van der Waals surface area contributed by atoms with Gasteiger partial charge in [0, 0.05) is 10.3 Å². The molecule has 0 bridgehead atoms. The van der Waals surface area contributed by atoms with Crippen LogP contribution in [0.25, 0.3) is 0 Å². The average Bonchev–Trinajstić information content (AvgIpc) is 1.98. The summed E-state index contributed by atoms with van der Waals surface area (Å²) < 4.78 is 13.0. The molecule has 8 heavy (non-hydrogen) atoms. The number of halogens is 2. The van der Waals surface area contributed by atoms with Crippen molar-refractivity contribution in [1.29, 1.82) is 0 Å². The van der Waals surface area contributed by atoms with Crippen LogP contribution in [0.15, 0.2) is 9.85 Å². The minimum Gasteiger partial charge on any atom is -0.205 e. The molecule has 0 saturated heterocycles. The number of rotatable bonds is 0. The van der Waals surface area contributed by atoms with E-state index >= 15 is 0 Å². The Morgan fingerprint density at radius 1 is 1.75 bits per heavy atom. The second-order valence-corrected chi connectivity index (χ2v) is 3.39. The zero-order valence-corrected chi connectivity index (χ0v) is 6.64. The lowest BCUT2D eigenvalue weighted by molar-refractivity contribution is 0.619. The molecule has 0 aliphatic carbocycles. The Hall–Kier alpha value is 0.110. The Morgan fingerprint density at radius 3 is 2.50 bits per heavy atom. The highest BCUT2D eigenvalue weighted by molar-refractivity contribution is 9.10. The normalized spacial score (nSPS) is 9.88. The highest BCUT2D eigenvalue weighted by Gasteiger charge is 2.02. The van der Waals surface area contributed by atoms with Gasteiger partial charge in [0.2, 0.25) is 0 Å². The molecule has 0 fully saturated rings. The van der Waals surface area contributed by atoms with Gasteiger partial charge in [-0.25, -0.2) is 4.39 Å². The third kappa shape index (κ3) is 0.928. The van der Waals surface area contributed by atoms with Crippen LogP contribution in [0.5, 0.6) is 0 Å². The van der Waals surface area contributed by atoms with Crippen LogP contribution in [-0.2, 0) is 0 Å². The van der Waals surface area contributed by atoms with Crippen molar-refractivity contribution in [1.82, 2.24) is 0 Å². The van der Waals surface area contributed by atoms with Gasteiger partial charge < -0.3 is 0 Å². The first-order valence-electron chi connectivity index (χ1n) is 2.11. The number of hydrogen-bond donors (Lipinski definition) is 0. The monoisotopic (exact) mass is 194 g/mol. The van der Waals surface area contributed by atoms with Crippen molar-refractivity contribution in [3.05, 3.63) is 20.5 Å². The number of hydrogen-bond acceptors (Lipinski definition) is 1. The first-order chi connectivity index (χ1) is 3.72. The van der Waals surface area contributed by atoms with Gasteiger partial charge in [-0.05, 0) is 22.9 Å². The van der Waals surface area contributed by atoms with Gasteiger partial charge in [-0.15, -0.1) is 11.3 Å². The van der Waals surface area contributed by atoms with Gasteiger partial charge in [0.25, 0.3) is 0 Å². The molecule has 0 aromatic carbocycles. The summed E-state index contributed by atoms with van der Waals surface area (Å²) in [6.45, 7) is 1.75. The molecule has 0 aliphatic rings. The second-order valence-electron chi connectivity index (χ2n) is 1.45. The Bertz CT molecular complexity index is 175. The predicted octanol–water partition coefficient (Wildman–Crippen LogP) is 2.96. The minimum atomic E-state index is -0.130. The Morgan fingerprint density at radius 2 is 2.38 bits per heavy atom. The molecular formula is C5H4BrFS. The molecule has 0 N–H and O–H groups in total. The SMILES string of the molecule is Cc1scc(Br)c1F. The van der Waals surface area contributed by atoms with Crippen molar-refractivity contribution in [3.8, 4) is 0 Å². The first kappa shape index (κ1) is 6.23. The highest BCUT2D eigenvalue weighted by Crippen LogP contribution is 2.23. The summed E-state index contributed by atoms with van der Waals surface area (Å²) in [6.07, 6.45) is 0. The average molecular weight is 195 g/mol. The summed E-state index contributed by atoms with van der Waals surface area (Å²) in [6, 6.07) is 0. The Balaban J connectivity index is 3.19. The zero-order valence-electron chi connectivity index (χ0n) is 4.24. The minimum absolute atomic E-state index is 0.130. The standard InChI is InChI=1S/C5H4BrFS/c1-3-5(7)4(6)2-8-3/h2H,1H3. The third-order valence-corrected chi connectivity index (χ3v) is 2.62. The number of aryl methyl sites for hydroxylation is 1. The topological polar surface area (TPSA) is 0 Å². The van der Waals surface area contributed by atoms with E-state index in [1.165, 1.54) is 11.3 Å². The molecule has 0 aliphatic heterocycles. The van der Waals surface area contributed by atoms with E-state index in [0.717, 1.165) is 4.88 Å². The van der Waals surface area contributed by atoms with Crippen LogP contribution >= 0.6 is 27.3 Å². The Kier molecular flexibility index (Phi) is 1.68. The maximum absolute atomic E-state index is 12.5. The van der Waals surface area contributed by atoms with E-state index in [2.05, 4.69) is 15.9 Å². The van der Waals surface area contributed by atoms with Gasteiger partial charge in [0.15, 0.2) is 5.82 Å². The molecule has 3 heteroatoms. The first-order valence-corrected chi connectivity index (χ1v) is 3.78. The van der Waals surface area contributed by atoms with Crippen LogP contribution in [0.2, 0.25) is 0 Å². The fraction of sp³-hybridized carbons (Fsp3) is 0.200. The van der Waals surface area contributed by atoms with E-state index in [0.29, 0.717) is 4.47 Å². The molecule has 0 radical (unpaired) electrons. The summed E-state index contributed by atoms with van der Waals surface area (Å²) in [5, 5.41) is 1.74. The molecule has 0 atom stereocenters. The molecule has 1 heterocycles. The molecule has 1 rings (SSSR count). The molecule has 0 unspecified atom stereocenters. The largest absolute Gasteiger partial charge is 0.205 e. The van der Waals surface area contributed by atoms with E-state index in [4.69, 9.17) is 0 Å². The molecule has 44 valence electrons. The van der Waals surface area contributed by atoms with Gasteiger partial charge in [-0.3, -0.25) is 0 Å². The van der Waals surface area contributed by atoms with Crippen molar-refractivity contribution in [2.75, 3.05) is 0 Å². The van der Waals surface area contributed by atoms with Crippen molar-refractivity contribution in [2.45, 2.75) is 6.92 Å². The smallest absolute Gasteiger partial charge is 0.150 e. The van der Waals surface area contributed by atoms with Crippen LogP contribution in [0, 0.1) is 12.7 Å². The molecule has 1 aromatic rings. The zero-order chi connectivity index (χ0) is 6.15. The van der Waals surface area contributed by atoms with Crippen LogP contribution in [-0.4, -0.2) is 0 Å². The predicted molar refractivity (Wildman–Crippen MR) is 36.7 cm³/mol.